The standard InChI is InChI=1S/C21H25ClN2O3/c1-3-19(21(26)23-2)24(14-13-16-7-5-4-6-8-16)20(25)15-27-18-11-9-17(22)10-12-18/h4-12,19H,3,13-15H2,1-2H3,(H,23,26). The van der Waals surface area contributed by atoms with Crippen LogP contribution in [0, 0.1) is 0 Å². The molecule has 0 heterocycles. The van der Waals surface area contributed by atoms with Crippen molar-refractivity contribution >= 4 is 23.4 Å². The summed E-state index contributed by atoms with van der Waals surface area (Å²) in [5.41, 5.74) is 1.11. The number of nitrogens with one attached hydrogen (secondary N) is 1. The molecular weight excluding hydrogens is 364 g/mol. The molecule has 0 fully saturated rings. The van der Waals surface area contributed by atoms with E-state index in [1.165, 1.54) is 0 Å². The van der Waals surface area contributed by atoms with Gasteiger partial charge in [0.25, 0.3) is 5.91 Å². The number of rotatable bonds is 9. The zero-order valence-electron chi connectivity index (χ0n) is 15.7. The molecule has 0 aliphatic heterocycles. The number of hydrogen-bond acceptors (Lipinski definition) is 3. The Morgan fingerprint density at radius 1 is 1.11 bits per heavy atom. The summed E-state index contributed by atoms with van der Waals surface area (Å²) in [6.45, 7) is 2.20. The molecule has 144 valence electrons. The lowest BCUT2D eigenvalue weighted by atomic mass is 10.1. The quantitative estimate of drug-likeness (QED) is 0.716. The first-order valence-electron chi connectivity index (χ1n) is 8.98. The van der Waals surface area contributed by atoms with Crippen LogP contribution in [0.5, 0.6) is 5.75 Å². The number of nitrogens with zero attached hydrogens (tertiary/aromatic N) is 1. The summed E-state index contributed by atoms with van der Waals surface area (Å²) in [5.74, 6) is 0.158. The van der Waals surface area contributed by atoms with Gasteiger partial charge in [-0.05, 0) is 42.7 Å². The van der Waals surface area contributed by atoms with Crippen molar-refractivity contribution in [2.24, 2.45) is 0 Å². The highest BCUT2D eigenvalue weighted by Crippen LogP contribution is 2.16. The summed E-state index contributed by atoms with van der Waals surface area (Å²) >= 11 is 5.86. The molecule has 0 radical (unpaired) electrons. The number of halogens is 1. The summed E-state index contributed by atoms with van der Waals surface area (Å²) < 4.78 is 5.58. The molecule has 1 unspecified atom stereocenters. The fourth-order valence-electron chi connectivity index (χ4n) is 2.82. The lowest BCUT2D eigenvalue weighted by Gasteiger charge is -2.30. The van der Waals surface area contributed by atoms with Crippen LogP contribution in [0.4, 0.5) is 0 Å². The second kappa shape index (κ2) is 10.6. The Morgan fingerprint density at radius 3 is 2.37 bits per heavy atom. The molecule has 1 atom stereocenters. The highest BCUT2D eigenvalue weighted by Gasteiger charge is 2.27. The molecule has 27 heavy (non-hydrogen) atoms. The van der Waals surface area contributed by atoms with Gasteiger partial charge in [0.05, 0.1) is 0 Å². The average Bonchev–Trinajstić information content (AvgIpc) is 2.70. The van der Waals surface area contributed by atoms with E-state index in [1.54, 1.807) is 36.2 Å². The minimum absolute atomic E-state index is 0.135. The van der Waals surface area contributed by atoms with Gasteiger partial charge >= 0.3 is 0 Å². The Kier molecular flexibility index (Phi) is 8.14. The van der Waals surface area contributed by atoms with E-state index in [2.05, 4.69) is 5.32 Å². The van der Waals surface area contributed by atoms with Gasteiger partial charge in [-0.25, -0.2) is 0 Å². The van der Waals surface area contributed by atoms with E-state index in [0.29, 0.717) is 30.2 Å². The third-order valence-electron chi connectivity index (χ3n) is 4.29. The molecule has 0 saturated carbocycles. The number of carbonyl (C=O) groups excluding carboxylic acids is 2. The number of amides is 2. The summed E-state index contributed by atoms with van der Waals surface area (Å²) in [6, 6.07) is 16.2. The average molecular weight is 389 g/mol. The van der Waals surface area contributed by atoms with Gasteiger partial charge in [-0.15, -0.1) is 0 Å². The van der Waals surface area contributed by atoms with Crippen molar-refractivity contribution < 1.29 is 14.3 Å². The first-order chi connectivity index (χ1) is 13.0. The molecule has 1 N–H and O–H groups in total. The van der Waals surface area contributed by atoms with Crippen molar-refractivity contribution in [2.75, 3.05) is 20.2 Å². The molecule has 0 saturated heterocycles. The zero-order chi connectivity index (χ0) is 19.6. The van der Waals surface area contributed by atoms with Crippen LogP contribution in [0.1, 0.15) is 18.9 Å². The minimum Gasteiger partial charge on any atom is -0.484 e. The van der Waals surface area contributed by atoms with Crippen LogP contribution in [0.2, 0.25) is 5.02 Å². The number of carbonyl (C=O) groups is 2. The summed E-state index contributed by atoms with van der Waals surface area (Å²) in [5, 5.41) is 3.24. The number of hydrogen-bond donors (Lipinski definition) is 1. The molecule has 5 nitrogen and oxygen atoms in total. The lowest BCUT2D eigenvalue weighted by Crippen LogP contribution is -2.50. The monoisotopic (exact) mass is 388 g/mol. The van der Waals surface area contributed by atoms with Crippen LogP contribution < -0.4 is 10.1 Å². The van der Waals surface area contributed by atoms with Gasteiger partial charge in [0, 0.05) is 18.6 Å². The van der Waals surface area contributed by atoms with Crippen LogP contribution >= 0.6 is 11.6 Å². The van der Waals surface area contributed by atoms with Crippen LogP contribution in [-0.4, -0.2) is 43.0 Å². The topological polar surface area (TPSA) is 58.6 Å². The van der Waals surface area contributed by atoms with E-state index in [9.17, 15) is 9.59 Å². The smallest absolute Gasteiger partial charge is 0.261 e. The van der Waals surface area contributed by atoms with Gasteiger partial charge in [-0.1, -0.05) is 48.9 Å². The van der Waals surface area contributed by atoms with Crippen molar-refractivity contribution in [2.45, 2.75) is 25.8 Å². The van der Waals surface area contributed by atoms with Crippen molar-refractivity contribution in [1.82, 2.24) is 10.2 Å². The van der Waals surface area contributed by atoms with Crippen molar-refractivity contribution in [1.29, 1.82) is 0 Å². The normalized spacial score (nSPS) is 11.5. The maximum atomic E-state index is 12.8. The molecule has 2 amide bonds. The Morgan fingerprint density at radius 2 is 1.78 bits per heavy atom. The molecule has 0 spiro atoms. The van der Waals surface area contributed by atoms with Gasteiger partial charge in [0.15, 0.2) is 6.61 Å². The van der Waals surface area contributed by atoms with Crippen LogP contribution in [-0.2, 0) is 16.0 Å². The molecule has 0 bridgehead atoms. The van der Waals surface area contributed by atoms with E-state index in [-0.39, 0.29) is 18.4 Å². The van der Waals surface area contributed by atoms with E-state index in [4.69, 9.17) is 16.3 Å². The molecule has 2 aromatic carbocycles. The second-order valence-corrected chi connectivity index (χ2v) is 6.54. The fraction of sp³-hybridized carbons (Fsp3) is 0.333. The molecule has 0 aliphatic rings. The van der Waals surface area contributed by atoms with Crippen molar-refractivity contribution in [3.05, 3.63) is 65.2 Å². The molecule has 6 heteroatoms. The summed E-state index contributed by atoms with van der Waals surface area (Å²) in [7, 11) is 1.58. The zero-order valence-corrected chi connectivity index (χ0v) is 16.4. The largest absolute Gasteiger partial charge is 0.484 e. The second-order valence-electron chi connectivity index (χ2n) is 6.10. The van der Waals surface area contributed by atoms with Gasteiger partial charge in [0.1, 0.15) is 11.8 Å². The first-order valence-corrected chi connectivity index (χ1v) is 9.36. The van der Waals surface area contributed by atoms with E-state index < -0.39 is 6.04 Å². The van der Waals surface area contributed by atoms with Crippen LogP contribution in [0.15, 0.2) is 54.6 Å². The van der Waals surface area contributed by atoms with E-state index in [0.717, 1.165) is 5.56 Å². The maximum Gasteiger partial charge on any atom is 0.261 e. The SMILES string of the molecule is CCC(C(=O)NC)N(CCc1ccccc1)C(=O)COc1ccc(Cl)cc1. The van der Waals surface area contributed by atoms with Crippen molar-refractivity contribution in [3.8, 4) is 5.75 Å². The van der Waals surface area contributed by atoms with Crippen LogP contribution in [0.25, 0.3) is 0 Å². The lowest BCUT2D eigenvalue weighted by molar-refractivity contribution is -0.142. The summed E-state index contributed by atoms with van der Waals surface area (Å²) in [6.07, 6.45) is 1.20. The Bertz CT molecular complexity index is 735. The fourth-order valence-corrected chi connectivity index (χ4v) is 2.95. The van der Waals surface area contributed by atoms with Crippen molar-refractivity contribution in [3.63, 3.8) is 0 Å². The number of ether oxygens (including phenoxy) is 1. The molecule has 0 aromatic heterocycles. The molecule has 2 aromatic rings. The Balaban J connectivity index is 2.07. The minimum atomic E-state index is -0.528. The maximum absolute atomic E-state index is 12.8. The molecule has 0 aliphatic carbocycles. The number of benzene rings is 2. The highest BCUT2D eigenvalue weighted by molar-refractivity contribution is 6.30. The van der Waals surface area contributed by atoms with E-state index in [1.807, 2.05) is 37.3 Å². The predicted octanol–water partition coefficient (Wildman–Crippen LogP) is 3.31. The van der Waals surface area contributed by atoms with Gasteiger partial charge in [-0.3, -0.25) is 9.59 Å². The van der Waals surface area contributed by atoms with Gasteiger partial charge in [-0.2, -0.15) is 0 Å². The first kappa shape index (κ1) is 20.8. The Labute approximate surface area is 165 Å². The summed E-state index contributed by atoms with van der Waals surface area (Å²) in [4.78, 5) is 26.7. The molecular formula is C21H25ClN2O3. The van der Waals surface area contributed by atoms with Gasteiger partial charge < -0.3 is 15.0 Å². The highest BCUT2D eigenvalue weighted by atomic mass is 35.5. The molecule has 2 rings (SSSR count). The third kappa shape index (κ3) is 6.29. The Hall–Kier alpha value is -2.53. The van der Waals surface area contributed by atoms with Gasteiger partial charge in [0.2, 0.25) is 5.91 Å². The number of likely N-dealkylation sites (N-methyl/N-ethyl adjacent to an activating group) is 1. The van der Waals surface area contributed by atoms with E-state index >= 15 is 0 Å². The van der Waals surface area contributed by atoms with Crippen LogP contribution in [0.3, 0.4) is 0 Å². The third-order valence-corrected chi connectivity index (χ3v) is 4.54. The predicted molar refractivity (Wildman–Crippen MR) is 107 cm³/mol.